The van der Waals surface area contributed by atoms with E-state index >= 15 is 0 Å². The third kappa shape index (κ3) is 2.73. The first-order valence-electron chi connectivity index (χ1n) is 6.72. The molecule has 2 nitrogen and oxygen atoms in total. The molecule has 1 saturated heterocycles. The summed E-state index contributed by atoms with van der Waals surface area (Å²) in [5, 5.41) is 4.72. The number of hydrogen-bond donors (Lipinski definition) is 1. The minimum atomic E-state index is 0.541. The largest absolute Gasteiger partial charge is 0.361 e. The van der Waals surface area contributed by atoms with Gasteiger partial charge in [-0.05, 0) is 31.1 Å². The molecule has 2 fully saturated rings. The van der Waals surface area contributed by atoms with Gasteiger partial charge in [0.1, 0.15) is 0 Å². The average molecular weight is 240 g/mol. The Morgan fingerprint density at radius 1 is 1.38 bits per heavy atom. The van der Waals surface area contributed by atoms with Crippen molar-refractivity contribution in [1.82, 2.24) is 5.32 Å². The minimum absolute atomic E-state index is 0.541. The van der Waals surface area contributed by atoms with Crippen molar-refractivity contribution in [3.8, 4) is 0 Å². The lowest BCUT2D eigenvalue weighted by Crippen LogP contribution is -2.27. The predicted molar refractivity (Wildman–Crippen MR) is 73.2 cm³/mol. The molecule has 0 aromatic rings. The molecule has 0 radical (unpaired) electrons. The van der Waals surface area contributed by atoms with Gasteiger partial charge in [0.2, 0.25) is 0 Å². The van der Waals surface area contributed by atoms with Gasteiger partial charge in [0.05, 0.1) is 0 Å². The summed E-state index contributed by atoms with van der Waals surface area (Å²) in [6.45, 7) is 5.62. The van der Waals surface area contributed by atoms with E-state index in [-0.39, 0.29) is 0 Å². The van der Waals surface area contributed by atoms with Gasteiger partial charge < -0.3 is 5.32 Å². The van der Waals surface area contributed by atoms with Crippen molar-refractivity contribution < 1.29 is 0 Å². The van der Waals surface area contributed by atoms with Crippen molar-refractivity contribution in [3.05, 3.63) is 0 Å². The van der Waals surface area contributed by atoms with Crippen molar-refractivity contribution in [2.45, 2.75) is 58.4 Å². The van der Waals surface area contributed by atoms with Crippen LogP contribution in [0.25, 0.3) is 0 Å². The number of nitrogens with one attached hydrogen (secondary N) is 1. The van der Waals surface area contributed by atoms with Gasteiger partial charge in [-0.25, -0.2) is 0 Å². The highest BCUT2D eigenvalue weighted by Gasteiger charge is 2.32. The van der Waals surface area contributed by atoms with E-state index < -0.39 is 0 Å². The molecule has 1 aliphatic carbocycles. The zero-order chi connectivity index (χ0) is 11.4. The highest BCUT2D eigenvalue weighted by Crippen LogP contribution is 2.41. The lowest BCUT2D eigenvalue weighted by atomic mass is 9.84. The molecule has 0 aromatic carbocycles. The van der Waals surface area contributed by atoms with Gasteiger partial charge >= 0.3 is 0 Å². The molecule has 0 aromatic heterocycles. The Morgan fingerprint density at radius 2 is 2.12 bits per heavy atom. The van der Waals surface area contributed by atoms with Crippen LogP contribution in [0.4, 0.5) is 0 Å². The first kappa shape index (κ1) is 12.3. The van der Waals surface area contributed by atoms with E-state index in [1.807, 2.05) is 11.8 Å². The molecular weight excluding hydrogens is 216 g/mol. The highest BCUT2D eigenvalue weighted by molar-refractivity contribution is 8.14. The molecule has 0 spiro atoms. The molecule has 3 heteroatoms. The predicted octanol–water partition coefficient (Wildman–Crippen LogP) is 3.43. The van der Waals surface area contributed by atoms with Crippen molar-refractivity contribution >= 4 is 16.9 Å². The standard InChI is InChI=1S/C13H24N2S/c1-3-11-9-16-12(15-11)14-10-13(4-2)7-5-6-8-13/h11H,3-10H2,1-2H3,(H,14,15). The topological polar surface area (TPSA) is 24.4 Å². The summed E-state index contributed by atoms with van der Waals surface area (Å²) in [6, 6.07) is 0.657. The molecule has 1 aliphatic heterocycles. The smallest absolute Gasteiger partial charge is 0.156 e. The maximum Gasteiger partial charge on any atom is 0.156 e. The Morgan fingerprint density at radius 3 is 2.69 bits per heavy atom. The molecule has 92 valence electrons. The van der Waals surface area contributed by atoms with E-state index in [1.165, 1.54) is 49.4 Å². The van der Waals surface area contributed by atoms with E-state index in [0.29, 0.717) is 11.5 Å². The van der Waals surface area contributed by atoms with Crippen LogP contribution in [0, 0.1) is 5.41 Å². The number of thioether (sulfide) groups is 1. The quantitative estimate of drug-likeness (QED) is 0.814. The molecule has 1 N–H and O–H groups in total. The van der Waals surface area contributed by atoms with Crippen LogP contribution in [0.2, 0.25) is 0 Å². The monoisotopic (exact) mass is 240 g/mol. The van der Waals surface area contributed by atoms with Crippen LogP contribution in [0.15, 0.2) is 4.99 Å². The average Bonchev–Trinajstić information content (AvgIpc) is 2.96. The molecule has 1 unspecified atom stereocenters. The molecule has 16 heavy (non-hydrogen) atoms. The Balaban J connectivity index is 1.88. The Labute approximate surface area is 104 Å². The zero-order valence-electron chi connectivity index (χ0n) is 10.6. The SMILES string of the molecule is CCC1CSC(=NCC2(CC)CCCC2)N1. The maximum atomic E-state index is 4.81. The number of nitrogens with zero attached hydrogens (tertiary/aromatic N) is 1. The fraction of sp³-hybridized carbons (Fsp3) is 0.923. The third-order valence-corrected chi connectivity index (χ3v) is 5.30. The molecule has 1 saturated carbocycles. The van der Waals surface area contributed by atoms with Gasteiger partial charge in [-0.2, -0.15) is 0 Å². The number of rotatable bonds is 4. The Kier molecular flexibility index (Phi) is 4.17. The fourth-order valence-electron chi connectivity index (χ4n) is 2.74. The van der Waals surface area contributed by atoms with E-state index in [4.69, 9.17) is 4.99 Å². The summed E-state index contributed by atoms with van der Waals surface area (Å²) in [5.41, 5.74) is 0.541. The maximum absolute atomic E-state index is 4.81. The summed E-state index contributed by atoms with van der Waals surface area (Å²) < 4.78 is 0. The van der Waals surface area contributed by atoms with Gasteiger partial charge in [-0.3, -0.25) is 4.99 Å². The zero-order valence-corrected chi connectivity index (χ0v) is 11.4. The van der Waals surface area contributed by atoms with Gasteiger partial charge in [-0.1, -0.05) is 38.5 Å². The normalized spacial score (nSPS) is 30.9. The van der Waals surface area contributed by atoms with E-state index in [1.54, 1.807) is 0 Å². The molecule has 1 atom stereocenters. The molecule has 2 aliphatic rings. The van der Waals surface area contributed by atoms with Gasteiger partial charge in [0.25, 0.3) is 0 Å². The van der Waals surface area contributed by atoms with Gasteiger partial charge in [0, 0.05) is 18.3 Å². The molecule has 0 bridgehead atoms. The second-order valence-corrected chi connectivity index (χ2v) is 6.25. The van der Waals surface area contributed by atoms with Crippen LogP contribution in [-0.4, -0.2) is 23.5 Å². The van der Waals surface area contributed by atoms with E-state index in [0.717, 1.165) is 6.54 Å². The van der Waals surface area contributed by atoms with Crippen LogP contribution in [-0.2, 0) is 0 Å². The summed E-state index contributed by atoms with van der Waals surface area (Å²) in [4.78, 5) is 4.81. The van der Waals surface area contributed by atoms with Crippen molar-refractivity contribution in [2.75, 3.05) is 12.3 Å². The Bertz CT molecular complexity index is 257. The van der Waals surface area contributed by atoms with Crippen molar-refractivity contribution in [1.29, 1.82) is 0 Å². The number of hydrogen-bond acceptors (Lipinski definition) is 2. The van der Waals surface area contributed by atoms with Crippen molar-refractivity contribution in [3.63, 3.8) is 0 Å². The van der Waals surface area contributed by atoms with Crippen LogP contribution in [0.1, 0.15) is 52.4 Å². The first-order chi connectivity index (χ1) is 7.78. The number of amidine groups is 1. The summed E-state index contributed by atoms with van der Waals surface area (Å²) in [5.74, 6) is 1.20. The van der Waals surface area contributed by atoms with Crippen LogP contribution >= 0.6 is 11.8 Å². The summed E-state index contributed by atoms with van der Waals surface area (Å²) in [7, 11) is 0. The van der Waals surface area contributed by atoms with Gasteiger partial charge in [0.15, 0.2) is 5.17 Å². The van der Waals surface area contributed by atoms with E-state index in [2.05, 4.69) is 19.2 Å². The summed E-state index contributed by atoms with van der Waals surface area (Å²) in [6.07, 6.45) is 8.12. The molecular formula is C13H24N2S. The third-order valence-electron chi connectivity index (χ3n) is 4.21. The molecule has 0 amide bonds. The molecule has 1 heterocycles. The van der Waals surface area contributed by atoms with E-state index in [9.17, 15) is 0 Å². The minimum Gasteiger partial charge on any atom is -0.361 e. The van der Waals surface area contributed by atoms with Gasteiger partial charge in [-0.15, -0.1) is 0 Å². The van der Waals surface area contributed by atoms with Crippen molar-refractivity contribution in [2.24, 2.45) is 10.4 Å². The second-order valence-electron chi connectivity index (χ2n) is 5.24. The fourth-order valence-corrected chi connectivity index (χ4v) is 3.82. The second kappa shape index (κ2) is 5.44. The first-order valence-corrected chi connectivity index (χ1v) is 7.70. The van der Waals surface area contributed by atoms with Crippen LogP contribution in [0.5, 0.6) is 0 Å². The van der Waals surface area contributed by atoms with Crippen LogP contribution < -0.4 is 5.32 Å². The lowest BCUT2D eigenvalue weighted by Gasteiger charge is -2.25. The molecule has 2 rings (SSSR count). The lowest BCUT2D eigenvalue weighted by molar-refractivity contribution is 0.297. The highest BCUT2D eigenvalue weighted by atomic mass is 32.2. The van der Waals surface area contributed by atoms with Crippen LogP contribution in [0.3, 0.4) is 0 Å². The Hall–Kier alpha value is -0.180. The summed E-state index contributed by atoms with van der Waals surface area (Å²) >= 11 is 1.91. The number of aliphatic imine (C=N–C) groups is 1.